The first-order valence-electron chi connectivity index (χ1n) is 8.60. The van der Waals surface area contributed by atoms with E-state index in [1.165, 1.54) is 11.1 Å². The summed E-state index contributed by atoms with van der Waals surface area (Å²) in [5, 5.41) is 0. The molecule has 0 fully saturated rings. The highest BCUT2D eigenvalue weighted by atomic mass is 16.5. The number of methoxy groups -OCH3 is 1. The average molecular weight is 339 g/mol. The predicted molar refractivity (Wildman–Crippen MR) is 98.0 cm³/mol. The molecule has 2 aromatic carbocycles. The number of hydrogen-bond donors (Lipinski definition) is 1. The molecule has 0 spiro atoms. The van der Waals surface area contributed by atoms with Gasteiger partial charge in [0.05, 0.1) is 19.1 Å². The van der Waals surface area contributed by atoms with Crippen molar-refractivity contribution in [2.45, 2.75) is 32.1 Å². The molecule has 3 rings (SSSR count). The van der Waals surface area contributed by atoms with Gasteiger partial charge in [0.15, 0.2) is 11.5 Å². The fraction of sp³-hybridized carbons (Fsp3) is 0.381. The summed E-state index contributed by atoms with van der Waals surface area (Å²) in [6.45, 7) is 4.38. The van der Waals surface area contributed by atoms with Crippen molar-refractivity contribution >= 4 is 5.91 Å². The highest BCUT2D eigenvalue weighted by molar-refractivity contribution is 5.85. The van der Waals surface area contributed by atoms with Gasteiger partial charge in [0.25, 0.3) is 0 Å². The fourth-order valence-corrected chi connectivity index (χ4v) is 3.28. The molecule has 0 aromatic heterocycles. The first-order chi connectivity index (χ1) is 11.9. The summed E-state index contributed by atoms with van der Waals surface area (Å²) in [6, 6.07) is 14.2. The predicted octanol–water partition coefficient (Wildman–Crippen LogP) is 3.25. The van der Waals surface area contributed by atoms with Gasteiger partial charge in [-0.15, -0.1) is 0 Å². The molecule has 0 bridgehead atoms. The largest absolute Gasteiger partial charge is 0.493 e. The standard InChI is InChI=1S/C21H25NO3/c1-21(2,20(22)23)17-9-7-14(8-10-17)11-15-12-16-5-4-6-18(24-3)19(16)25-13-15/h4-10,15H,11-13H2,1-3H3,(H2,22,23). The zero-order valence-electron chi connectivity index (χ0n) is 15.0. The summed E-state index contributed by atoms with van der Waals surface area (Å²) in [7, 11) is 1.67. The van der Waals surface area contributed by atoms with Crippen molar-refractivity contribution in [2.75, 3.05) is 13.7 Å². The van der Waals surface area contributed by atoms with Gasteiger partial charge in [0.2, 0.25) is 5.91 Å². The molecule has 1 aliphatic heterocycles. The molecule has 1 amide bonds. The minimum absolute atomic E-state index is 0.313. The molecule has 132 valence electrons. The Balaban J connectivity index is 1.70. The smallest absolute Gasteiger partial charge is 0.227 e. The Morgan fingerprint density at radius 3 is 2.60 bits per heavy atom. The van der Waals surface area contributed by atoms with Crippen LogP contribution >= 0.6 is 0 Å². The maximum atomic E-state index is 11.6. The van der Waals surface area contributed by atoms with Crippen LogP contribution in [0.3, 0.4) is 0 Å². The van der Waals surface area contributed by atoms with Crippen LogP contribution < -0.4 is 15.2 Å². The molecule has 2 N–H and O–H groups in total. The summed E-state index contributed by atoms with van der Waals surface area (Å²) in [5.41, 5.74) is 8.22. The van der Waals surface area contributed by atoms with E-state index >= 15 is 0 Å². The average Bonchev–Trinajstić information content (AvgIpc) is 2.61. The zero-order valence-corrected chi connectivity index (χ0v) is 15.0. The molecule has 0 aliphatic carbocycles. The van der Waals surface area contributed by atoms with E-state index < -0.39 is 5.41 Å². The van der Waals surface area contributed by atoms with Crippen LogP contribution in [-0.2, 0) is 23.1 Å². The van der Waals surface area contributed by atoms with E-state index in [1.54, 1.807) is 7.11 Å². The number of amides is 1. The van der Waals surface area contributed by atoms with Crippen molar-refractivity contribution in [3.05, 3.63) is 59.2 Å². The van der Waals surface area contributed by atoms with Crippen LogP contribution in [0.4, 0.5) is 0 Å². The Morgan fingerprint density at radius 1 is 1.24 bits per heavy atom. The number of carbonyl (C=O) groups is 1. The first-order valence-corrected chi connectivity index (χ1v) is 8.60. The third kappa shape index (κ3) is 3.48. The summed E-state index contributed by atoms with van der Waals surface area (Å²) in [5.74, 6) is 1.79. The number of fused-ring (bicyclic) bond motifs is 1. The fourth-order valence-electron chi connectivity index (χ4n) is 3.28. The van der Waals surface area contributed by atoms with Gasteiger partial charge in [-0.25, -0.2) is 0 Å². The van der Waals surface area contributed by atoms with Crippen LogP contribution in [-0.4, -0.2) is 19.6 Å². The summed E-state index contributed by atoms with van der Waals surface area (Å²) >= 11 is 0. The maximum absolute atomic E-state index is 11.6. The number of ether oxygens (including phenoxy) is 2. The summed E-state index contributed by atoms with van der Waals surface area (Å²) in [4.78, 5) is 11.6. The number of hydrogen-bond acceptors (Lipinski definition) is 3. The lowest BCUT2D eigenvalue weighted by Gasteiger charge is -2.27. The molecule has 2 aromatic rings. The first kappa shape index (κ1) is 17.3. The molecule has 0 saturated heterocycles. The van der Waals surface area contributed by atoms with Crippen LogP contribution in [0.2, 0.25) is 0 Å². The minimum atomic E-state index is -0.651. The SMILES string of the molecule is COc1cccc2c1OCC(Cc1ccc(C(C)(C)C(N)=O)cc1)C2. The van der Waals surface area contributed by atoms with Gasteiger partial charge in [0, 0.05) is 5.92 Å². The topological polar surface area (TPSA) is 61.6 Å². The van der Waals surface area contributed by atoms with E-state index in [-0.39, 0.29) is 5.91 Å². The molecule has 25 heavy (non-hydrogen) atoms. The quantitative estimate of drug-likeness (QED) is 0.909. The Hall–Kier alpha value is -2.49. The van der Waals surface area contributed by atoms with Crippen molar-refractivity contribution in [1.29, 1.82) is 0 Å². The number of carbonyl (C=O) groups excluding carboxylic acids is 1. The van der Waals surface area contributed by atoms with E-state index in [2.05, 4.69) is 18.2 Å². The molecule has 1 unspecified atom stereocenters. The van der Waals surface area contributed by atoms with E-state index in [0.717, 1.165) is 29.9 Å². The van der Waals surface area contributed by atoms with Crippen LogP contribution in [0.25, 0.3) is 0 Å². The van der Waals surface area contributed by atoms with Crippen molar-refractivity contribution in [3.63, 3.8) is 0 Å². The minimum Gasteiger partial charge on any atom is -0.493 e. The summed E-state index contributed by atoms with van der Waals surface area (Å²) in [6.07, 6.45) is 1.91. The van der Waals surface area contributed by atoms with Crippen molar-refractivity contribution in [2.24, 2.45) is 11.7 Å². The Labute approximate surface area is 148 Å². The van der Waals surface area contributed by atoms with Crippen LogP contribution in [0.15, 0.2) is 42.5 Å². The molecule has 0 radical (unpaired) electrons. The molecular weight excluding hydrogens is 314 g/mol. The van der Waals surface area contributed by atoms with E-state index in [9.17, 15) is 4.79 Å². The number of nitrogens with two attached hydrogens (primary N) is 1. The molecule has 1 atom stereocenters. The normalized spacial score (nSPS) is 16.7. The van der Waals surface area contributed by atoms with E-state index in [1.807, 2.05) is 38.1 Å². The Bertz CT molecular complexity index is 765. The van der Waals surface area contributed by atoms with Crippen LogP contribution in [0, 0.1) is 5.92 Å². The zero-order chi connectivity index (χ0) is 18.0. The third-order valence-corrected chi connectivity index (χ3v) is 5.07. The molecule has 4 heteroatoms. The van der Waals surface area contributed by atoms with Gasteiger partial charge in [0.1, 0.15) is 0 Å². The number of para-hydroxylation sites is 1. The van der Waals surface area contributed by atoms with Crippen LogP contribution in [0.1, 0.15) is 30.5 Å². The second-order valence-electron chi connectivity index (χ2n) is 7.22. The lowest BCUT2D eigenvalue weighted by Crippen LogP contribution is -2.35. The van der Waals surface area contributed by atoms with Gasteiger partial charge >= 0.3 is 0 Å². The van der Waals surface area contributed by atoms with Gasteiger partial charge in [-0.05, 0) is 49.4 Å². The van der Waals surface area contributed by atoms with Crippen molar-refractivity contribution in [1.82, 2.24) is 0 Å². The van der Waals surface area contributed by atoms with Crippen LogP contribution in [0.5, 0.6) is 11.5 Å². The second-order valence-corrected chi connectivity index (χ2v) is 7.22. The third-order valence-electron chi connectivity index (χ3n) is 5.07. The highest BCUT2D eigenvalue weighted by Crippen LogP contribution is 2.36. The lowest BCUT2D eigenvalue weighted by atomic mass is 9.83. The molecule has 0 saturated carbocycles. The maximum Gasteiger partial charge on any atom is 0.227 e. The number of primary amides is 1. The number of rotatable bonds is 5. The van der Waals surface area contributed by atoms with Gasteiger partial charge in [-0.3, -0.25) is 4.79 Å². The monoisotopic (exact) mass is 339 g/mol. The van der Waals surface area contributed by atoms with Crippen molar-refractivity contribution in [3.8, 4) is 11.5 Å². The molecular formula is C21H25NO3. The van der Waals surface area contributed by atoms with Gasteiger partial charge < -0.3 is 15.2 Å². The van der Waals surface area contributed by atoms with Gasteiger partial charge in [-0.2, -0.15) is 0 Å². The molecule has 4 nitrogen and oxygen atoms in total. The Kier molecular flexibility index (Phi) is 4.71. The van der Waals surface area contributed by atoms with Crippen molar-refractivity contribution < 1.29 is 14.3 Å². The summed E-state index contributed by atoms with van der Waals surface area (Å²) < 4.78 is 11.3. The van der Waals surface area contributed by atoms with E-state index in [4.69, 9.17) is 15.2 Å². The highest BCUT2D eigenvalue weighted by Gasteiger charge is 2.27. The van der Waals surface area contributed by atoms with Gasteiger partial charge in [-0.1, -0.05) is 36.4 Å². The lowest BCUT2D eigenvalue weighted by molar-refractivity contribution is -0.122. The molecule has 1 aliphatic rings. The van der Waals surface area contributed by atoms with E-state index in [0.29, 0.717) is 12.5 Å². The second kappa shape index (κ2) is 6.79. The Morgan fingerprint density at radius 2 is 1.96 bits per heavy atom. The number of benzene rings is 2. The molecule has 1 heterocycles.